The average Bonchev–Trinajstić information content (AvgIpc) is 1.61. The van der Waals surface area contributed by atoms with Gasteiger partial charge in [-0.2, -0.15) is 0 Å². The highest BCUT2D eigenvalue weighted by molar-refractivity contribution is 7.98. The van der Waals surface area contributed by atoms with E-state index < -0.39 is 0 Å². The van der Waals surface area contributed by atoms with Crippen LogP contribution in [0, 0.1) is 0 Å². The Morgan fingerprint density at radius 1 is 1.43 bits per heavy atom. The normalized spacial score (nSPS) is 11.4. The van der Waals surface area contributed by atoms with E-state index in [1.165, 1.54) is 6.42 Å². The minimum absolute atomic E-state index is 0.504. The summed E-state index contributed by atoms with van der Waals surface area (Å²) in [5, 5.41) is 2.25. The molecule has 0 aliphatic rings. The van der Waals surface area contributed by atoms with E-state index in [1.807, 2.05) is 0 Å². The first-order valence-electron chi connectivity index (χ1n) is 2.50. The summed E-state index contributed by atoms with van der Waals surface area (Å²) in [6, 6.07) is 0. The fourth-order valence-electron chi connectivity index (χ4n) is 0.289. The number of rotatable bonds is 2. The van der Waals surface area contributed by atoms with Crippen molar-refractivity contribution in [3.05, 3.63) is 11.5 Å². The third-order valence-electron chi connectivity index (χ3n) is 0.604. The molecule has 0 N–H and O–H groups in total. The third-order valence-corrected chi connectivity index (χ3v) is 1.34. The molecule has 0 saturated heterocycles. The Morgan fingerprint density at radius 2 is 2.00 bits per heavy atom. The second-order valence-corrected chi connectivity index (χ2v) is 3.69. The molecule has 0 heterocycles. The fraction of sp³-hybridized carbons (Fsp3) is 0.667. The second-order valence-electron chi connectivity index (χ2n) is 1.66. The first-order valence-corrected chi connectivity index (χ1v) is 4.61. The minimum Gasteiger partial charge on any atom is -0.0617 e. The summed E-state index contributed by atoms with van der Waals surface area (Å²) in [5.41, 5.74) is 0. The van der Waals surface area contributed by atoms with Crippen LogP contribution in [0.3, 0.4) is 0 Å². The zero-order valence-electron chi connectivity index (χ0n) is 5.27. The van der Waals surface area contributed by atoms with E-state index in [0.717, 1.165) is 0 Å². The van der Waals surface area contributed by atoms with Crippen molar-refractivity contribution in [2.75, 3.05) is 12.5 Å². The van der Waals surface area contributed by atoms with Crippen LogP contribution in [0.15, 0.2) is 11.5 Å². The maximum atomic E-state index is 2.25. The van der Waals surface area contributed by atoms with Gasteiger partial charge >= 0.3 is 0 Å². The smallest absolute Gasteiger partial charge is 0.0617 e. The number of allylic oxidation sites excluding steroid dienone is 1. The molecule has 0 amide bonds. The molecule has 0 aromatic rings. The maximum Gasteiger partial charge on any atom is 0.114 e. The molecule has 0 spiro atoms. The van der Waals surface area contributed by atoms with E-state index in [-0.39, 0.29) is 0 Å². The lowest BCUT2D eigenvalue weighted by atomic mass is 10.5. The Morgan fingerprint density at radius 3 is 2.14 bits per heavy atom. The van der Waals surface area contributed by atoms with E-state index in [2.05, 4.69) is 30.9 Å². The Balaban J connectivity index is 3.08. The van der Waals surface area contributed by atoms with Gasteiger partial charge in [-0.1, -0.05) is 6.92 Å². The van der Waals surface area contributed by atoms with Crippen LogP contribution in [-0.2, 0) is 10.9 Å². The van der Waals surface area contributed by atoms with E-state index in [1.54, 1.807) is 0 Å². The van der Waals surface area contributed by atoms with E-state index in [9.17, 15) is 0 Å². The highest BCUT2D eigenvalue weighted by atomic mass is 32.2. The minimum atomic E-state index is 0.504. The van der Waals surface area contributed by atoms with Crippen molar-refractivity contribution in [1.29, 1.82) is 0 Å². The lowest BCUT2D eigenvalue weighted by Crippen LogP contribution is -1.84. The Bertz CT molecular complexity index is 55.2. The highest BCUT2D eigenvalue weighted by Gasteiger charge is 1.88. The van der Waals surface area contributed by atoms with Crippen LogP contribution in [0.1, 0.15) is 13.3 Å². The molecule has 1 heteroatoms. The van der Waals surface area contributed by atoms with Gasteiger partial charge in [0.1, 0.15) is 17.9 Å². The molecule has 0 aliphatic heterocycles. The Hall–Kier alpha value is 0.0900. The lowest BCUT2D eigenvalue weighted by molar-refractivity contribution is 1.23. The van der Waals surface area contributed by atoms with Crippen molar-refractivity contribution in [1.82, 2.24) is 0 Å². The Kier molecular flexibility index (Phi) is 4.31. The van der Waals surface area contributed by atoms with Crippen LogP contribution < -0.4 is 0 Å². The zero-order chi connectivity index (χ0) is 5.70. The van der Waals surface area contributed by atoms with Gasteiger partial charge < -0.3 is 0 Å². The van der Waals surface area contributed by atoms with Crippen LogP contribution in [0.25, 0.3) is 0 Å². The fourth-order valence-corrected chi connectivity index (χ4v) is 0.866. The van der Waals surface area contributed by atoms with Crippen molar-refractivity contribution in [2.24, 2.45) is 0 Å². The summed E-state index contributed by atoms with van der Waals surface area (Å²) < 4.78 is 0. The summed E-state index contributed by atoms with van der Waals surface area (Å²) in [4.78, 5) is 0. The van der Waals surface area contributed by atoms with Crippen LogP contribution in [0.2, 0.25) is 0 Å². The van der Waals surface area contributed by atoms with Gasteiger partial charge in [-0.3, -0.25) is 0 Å². The van der Waals surface area contributed by atoms with Crippen molar-refractivity contribution in [3.8, 4) is 0 Å². The summed E-state index contributed by atoms with van der Waals surface area (Å²) in [6.07, 6.45) is 7.81. The molecular weight excluding hydrogens is 104 g/mol. The summed E-state index contributed by atoms with van der Waals surface area (Å²) in [6.45, 7) is 2.16. The average molecular weight is 117 g/mol. The Labute approximate surface area is 49.0 Å². The summed E-state index contributed by atoms with van der Waals surface area (Å²) in [7, 11) is 0.504. The van der Waals surface area contributed by atoms with Gasteiger partial charge in [0, 0.05) is 10.9 Å². The first kappa shape index (κ1) is 7.09. The third kappa shape index (κ3) is 6.09. The topological polar surface area (TPSA) is 0 Å². The van der Waals surface area contributed by atoms with E-state index >= 15 is 0 Å². The molecule has 0 aromatic heterocycles. The largest absolute Gasteiger partial charge is 0.114 e. The quantitative estimate of drug-likeness (QED) is 0.484. The maximum absolute atomic E-state index is 2.25. The molecule has 0 nitrogen and oxygen atoms in total. The molecule has 42 valence electrons. The first-order chi connectivity index (χ1) is 3.27. The predicted molar refractivity (Wildman–Crippen MR) is 38.6 cm³/mol. The van der Waals surface area contributed by atoms with Gasteiger partial charge in [0.2, 0.25) is 0 Å². The van der Waals surface area contributed by atoms with E-state index in [4.69, 9.17) is 0 Å². The van der Waals surface area contributed by atoms with Gasteiger partial charge in [-0.25, -0.2) is 0 Å². The molecule has 0 aliphatic carbocycles. The molecule has 0 saturated carbocycles. The van der Waals surface area contributed by atoms with Crippen molar-refractivity contribution < 1.29 is 0 Å². The molecular formula is C6H13S+. The molecule has 0 atom stereocenters. The van der Waals surface area contributed by atoms with Crippen LogP contribution in [0.4, 0.5) is 0 Å². The molecule has 0 fully saturated rings. The monoisotopic (exact) mass is 117 g/mol. The van der Waals surface area contributed by atoms with Gasteiger partial charge in [0.15, 0.2) is 0 Å². The van der Waals surface area contributed by atoms with Gasteiger partial charge in [0.25, 0.3) is 0 Å². The molecule has 0 bridgehead atoms. The van der Waals surface area contributed by atoms with Gasteiger partial charge in [-0.15, -0.1) is 0 Å². The van der Waals surface area contributed by atoms with Crippen molar-refractivity contribution in [3.63, 3.8) is 0 Å². The predicted octanol–water partition coefficient (Wildman–Crippen LogP) is 1.79. The number of hydrogen-bond acceptors (Lipinski definition) is 0. The molecule has 7 heavy (non-hydrogen) atoms. The van der Waals surface area contributed by atoms with Crippen LogP contribution in [0.5, 0.6) is 0 Å². The molecule has 0 rings (SSSR count). The van der Waals surface area contributed by atoms with Crippen LogP contribution >= 0.6 is 0 Å². The molecule has 0 radical (unpaired) electrons. The standard InChI is InChI=1S/C6H13S/c1-4-5-6-7(2)3/h5-6H,4H2,1-3H3/q+1. The van der Waals surface area contributed by atoms with Crippen molar-refractivity contribution in [2.45, 2.75) is 13.3 Å². The second kappa shape index (κ2) is 4.25. The SMILES string of the molecule is CCC=C[S+](C)C. The van der Waals surface area contributed by atoms with E-state index in [0.29, 0.717) is 10.9 Å². The van der Waals surface area contributed by atoms with Gasteiger partial charge in [0.05, 0.1) is 0 Å². The zero-order valence-corrected chi connectivity index (χ0v) is 6.09. The molecule has 0 aromatic carbocycles. The number of hydrogen-bond donors (Lipinski definition) is 0. The van der Waals surface area contributed by atoms with Crippen LogP contribution in [-0.4, -0.2) is 12.5 Å². The highest BCUT2D eigenvalue weighted by Crippen LogP contribution is 1.87. The lowest BCUT2D eigenvalue weighted by Gasteiger charge is -1.79. The van der Waals surface area contributed by atoms with Gasteiger partial charge in [-0.05, 0) is 12.5 Å². The van der Waals surface area contributed by atoms with Crippen molar-refractivity contribution >= 4 is 10.9 Å². The summed E-state index contributed by atoms with van der Waals surface area (Å²) in [5.74, 6) is 0. The molecule has 0 unspecified atom stereocenters. The summed E-state index contributed by atoms with van der Waals surface area (Å²) >= 11 is 0.